The van der Waals surface area contributed by atoms with Crippen LogP contribution >= 0.6 is 0 Å². The molecule has 1 aliphatic carbocycles. The summed E-state index contributed by atoms with van der Waals surface area (Å²) in [5.74, 6) is 0.454. The van der Waals surface area contributed by atoms with E-state index in [0.29, 0.717) is 5.76 Å². The molecular weight excluding hydrogens is 160 g/mol. The van der Waals surface area contributed by atoms with Crippen molar-refractivity contribution < 1.29 is 5.11 Å². The number of rotatable bonds is 0. The summed E-state index contributed by atoms with van der Waals surface area (Å²) in [6.07, 6.45) is 14.5. The average molecular weight is 176 g/mol. The van der Waals surface area contributed by atoms with Gasteiger partial charge in [0.1, 0.15) is 0 Å². The fourth-order valence-corrected chi connectivity index (χ4v) is 1.20. The fraction of sp³-hybridized carbons (Fsp3) is 0.333. The first-order chi connectivity index (χ1) is 6.29. The van der Waals surface area contributed by atoms with Gasteiger partial charge in [0, 0.05) is 6.42 Å². The lowest BCUT2D eigenvalue weighted by Gasteiger charge is -1.96. The second-order valence-electron chi connectivity index (χ2n) is 3.26. The van der Waals surface area contributed by atoms with Crippen LogP contribution in [0.2, 0.25) is 0 Å². The van der Waals surface area contributed by atoms with Crippen LogP contribution in [0, 0.1) is 0 Å². The molecule has 1 heteroatoms. The van der Waals surface area contributed by atoms with Crippen LogP contribution in [-0.2, 0) is 0 Å². The Balaban J connectivity index is 2.67. The molecule has 13 heavy (non-hydrogen) atoms. The summed E-state index contributed by atoms with van der Waals surface area (Å²) in [5, 5.41) is 9.37. The number of hydrogen-bond donors (Lipinski definition) is 1. The minimum atomic E-state index is 0.454. The van der Waals surface area contributed by atoms with E-state index < -0.39 is 0 Å². The van der Waals surface area contributed by atoms with Gasteiger partial charge in [0.15, 0.2) is 0 Å². The van der Waals surface area contributed by atoms with Crippen molar-refractivity contribution >= 4 is 0 Å². The molecule has 1 rings (SSSR count). The van der Waals surface area contributed by atoms with E-state index in [9.17, 15) is 5.11 Å². The van der Waals surface area contributed by atoms with Crippen LogP contribution in [0.1, 0.15) is 26.2 Å². The predicted octanol–water partition coefficient (Wildman–Crippen LogP) is 3.67. The van der Waals surface area contributed by atoms with Crippen LogP contribution in [-0.4, -0.2) is 5.11 Å². The van der Waals surface area contributed by atoms with E-state index in [1.54, 1.807) is 6.08 Å². The molecule has 0 fully saturated rings. The fourth-order valence-electron chi connectivity index (χ4n) is 1.20. The molecule has 0 aromatic carbocycles. The maximum atomic E-state index is 9.37. The van der Waals surface area contributed by atoms with Crippen LogP contribution < -0.4 is 0 Å². The average Bonchev–Trinajstić information content (AvgIpc) is 2.13. The van der Waals surface area contributed by atoms with Gasteiger partial charge < -0.3 is 5.11 Å². The second-order valence-corrected chi connectivity index (χ2v) is 3.26. The smallest absolute Gasteiger partial charge is 0.0925 e. The van der Waals surface area contributed by atoms with Gasteiger partial charge in [-0.25, -0.2) is 0 Å². The summed E-state index contributed by atoms with van der Waals surface area (Å²) in [5.41, 5.74) is 1.36. The Bertz CT molecular complexity index is 267. The number of aliphatic hydroxyl groups is 1. The molecule has 0 atom stereocenters. The Morgan fingerprint density at radius 3 is 2.92 bits per heavy atom. The van der Waals surface area contributed by atoms with Crippen molar-refractivity contribution in [3.63, 3.8) is 0 Å². The second kappa shape index (κ2) is 5.41. The van der Waals surface area contributed by atoms with Crippen molar-refractivity contribution in [2.24, 2.45) is 0 Å². The van der Waals surface area contributed by atoms with E-state index in [-0.39, 0.29) is 0 Å². The van der Waals surface area contributed by atoms with E-state index in [0.717, 1.165) is 19.3 Å². The number of allylic oxidation sites excluding steroid dienone is 8. The Kier molecular flexibility index (Phi) is 4.10. The Labute approximate surface area is 79.8 Å². The molecule has 0 bridgehead atoms. The molecule has 70 valence electrons. The number of hydrogen-bond acceptors (Lipinski definition) is 1. The maximum absolute atomic E-state index is 9.37. The Hall–Kier alpha value is -1.24. The largest absolute Gasteiger partial charge is 0.512 e. The van der Waals surface area contributed by atoms with Gasteiger partial charge >= 0.3 is 0 Å². The molecule has 0 radical (unpaired) electrons. The molecule has 1 aliphatic rings. The van der Waals surface area contributed by atoms with Gasteiger partial charge in [-0.15, -0.1) is 0 Å². The van der Waals surface area contributed by atoms with Crippen LogP contribution in [0.3, 0.4) is 0 Å². The zero-order valence-electron chi connectivity index (χ0n) is 8.03. The minimum Gasteiger partial charge on any atom is -0.512 e. The SMILES string of the molecule is C/C1=C\CC/C(O)=C/C=C\C=C/C1. The minimum absolute atomic E-state index is 0.454. The molecule has 0 unspecified atom stereocenters. The molecule has 1 nitrogen and oxygen atoms in total. The van der Waals surface area contributed by atoms with Gasteiger partial charge in [-0.3, -0.25) is 0 Å². The van der Waals surface area contributed by atoms with Crippen molar-refractivity contribution in [3.8, 4) is 0 Å². The van der Waals surface area contributed by atoms with E-state index in [1.807, 2.05) is 18.2 Å². The summed E-state index contributed by atoms with van der Waals surface area (Å²) in [7, 11) is 0. The molecular formula is C12H16O. The van der Waals surface area contributed by atoms with Crippen molar-refractivity contribution in [1.82, 2.24) is 0 Å². The number of aliphatic hydroxyl groups excluding tert-OH is 1. The Morgan fingerprint density at radius 1 is 1.23 bits per heavy atom. The van der Waals surface area contributed by atoms with Gasteiger partial charge in [-0.05, 0) is 25.8 Å². The van der Waals surface area contributed by atoms with E-state index in [1.165, 1.54) is 5.57 Å². The highest BCUT2D eigenvalue weighted by Gasteiger charge is 1.91. The van der Waals surface area contributed by atoms with Gasteiger partial charge in [-0.2, -0.15) is 0 Å². The van der Waals surface area contributed by atoms with Crippen LogP contribution in [0.4, 0.5) is 0 Å². The molecule has 0 aliphatic heterocycles. The van der Waals surface area contributed by atoms with Gasteiger partial charge in [-0.1, -0.05) is 36.0 Å². The first kappa shape index (κ1) is 9.85. The highest BCUT2D eigenvalue weighted by molar-refractivity contribution is 5.16. The highest BCUT2D eigenvalue weighted by atomic mass is 16.3. The molecule has 0 heterocycles. The quantitative estimate of drug-likeness (QED) is 0.558. The summed E-state index contributed by atoms with van der Waals surface area (Å²) in [6.45, 7) is 2.12. The predicted molar refractivity (Wildman–Crippen MR) is 56.6 cm³/mol. The zero-order chi connectivity index (χ0) is 9.52. The van der Waals surface area contributed by atoms with E-state index in [4.69, 9.17) is 0 Å². The van der Waals surface area contributed by atoms with E-state index in [2.05, 4.69) is 19.1 Å². The van der Waals surface area contributed by atoms with Gasteiger partial charge in [0.05, 0.1) is 5.76 Å². The molecule has 0 saturated carbocycles. The molecule has 0 aromatic heterocycles. The third-order valence-electron chi connectivity index (χ3n) is 1.98. The lowest BCUT2D eigenvalue weighted by Crippen LogP contribution is -1.80. The van der Waals surface area contributed by atoms with Gasteiger partial charge in [0.25, 0.3) is 0 Å². The van der Waals surface area contributed by atoms with Gasteiger partial charge in [0.2, 0.25) is 0 Å². The standard InChI is InChI=1S/C12H16O/c1-11-7-4-2-3-5-9-12(13)10-6-8-11/h2-5,8-9,13H,6-7,10H2,1H3/b4-2-,5-3-,11-8+,12-9-. The van der Waals surface area contributed by atoms with Crippen molar-refractivity contribution in [1.29, 1.82) is 0 Å². The van der Waals surface area contributed by atoms with Crippen molar-refractivity contribution in [2.75, 3.05) is 0 Å². The van der Waals surface area contributed by atoms with Crippen molar-refractivity contribution in [2.45, 2.75) is 26.2 Å². The Morgan fingerprint density at radius 2 is 2.08 bits per heavy atom. The van der Waals surface area contributed by atoms with E-state index >= 15 is 0 Å². The zero-order valence-corrected chi connectivity index (χ0v) is 8.03. The summed E-state index contributed by atoms with van der Waals surface area (Å²) < 4.78 is 0. The van der Waals surface area contributed by atoms with Crippen LogP contribution in [0.25, 0.3) is 0 Å². The molecule has 0 aromatic rings. The van der Waals surface area contributed by atoms with Crippen LogP contribution in [0.5, 0.6) is 0 Å². The third kappa shape index (κ3) is 4.36. The lowest BCUT2D eigenvalue weighted by atomic mass is 10.1. The molecule has 1 N–H and O–H groups in total. The third-order valence-corrected chi connectivity index (χ3v) is 1.98. The normalized spacial score (nSPS) is 31.8. The summed E-state index contributed by atoms with van der Waals surface area (Å²) in [6, 6.07) is 0. The van der Waals surface area contributed by atoms with Crippen LogP contribution in [0.15, 0.2) is 47.8 Å². The first-order valence-electron chi connectivity index (χ1n) is 4.66. The lowest BCUT2D eigenvalue weighted by molar-refractivity contribution is 0.389. The summed E-state index contributed by atoms with van der Waals surface area (Å²) in [4.78, 5) is 0. The summed E-state index contributed by atoms with van der Waals surface area (Å²) >= 11 is 0. The first-order valence-corrected chi connectivity index (χ1v) is 4.66. The highest BCUT2D eigenvalue weighted by Crippen LogP contribution is 2.09. The molecule has 0 saturated heterocycles. The topological polar surface area (TPSA) is 20.2 Å². The van der Waals surface area contributed by atoms with Crippen molar-refractivity contribution in [3.05, 3.63) is 47.8 Å². The molecule has 0 spiro atoms. The monoisotopic (exact) mass is 176 g/mol. The molecule has 0 amide bonds. The maximum Gasteiger partial charge on any atom is 0.0925 e.